The Hall–Kier alpha value is -0.500. The summed E-state index contributed by atoms with van der Waals surface area (Å²) >= 11 is 12.2. The molecule has 0 saturated carbocycles. The average Bonchev–Trinajstić information content (AvgIpc) is 2.35. The van der Waals surface area contributed by atoms with Gasteiger partial charge in [-0.15, -0.1) is 6.58 Å². The van der Waals surface area contributed by atoms with Gasteiger partial charge in [0.15, 0.2) is 0 Å². The number of allylic oxidation sites excluding steroid dienone is 1. The second-order valence-corrected chi connectivity index (χ2v) is 5.93. The number of nitrogens with one attached hydrogen (secondary N) is 1. The summed E-state index contributed by atoms with van der Waals surface area (Å²) in [5.41, 5.74) is 2.38. The molecule has 0 heterocycles. The Morgan fingerprint density at radius 2 is 2.11 bits per heavy atom. The summed E-state index contributed by atoms with van der Waals surface area (Å²) in [6, 6.07) is 6.17. The fraction of sp³-hybridized carbons (Fsp3) is 0.500. The molecule has 0 aliphatic heterocycles. The van der Waals surface area contributed by atoms with Crippen LogP contribution in [0.25, 0.3) is 0 Å². The summed E-state index contributed by atoms with van der Waals surface area (Å²) < 4.78 is 0. The zero-order chi connectivity index (χ0) is 14.3. The second-order valence-electron chi connectivity index (χ2n) is 5.09. The van der Waals surface area contributed by atoms with Gasteiger partial charge in [0, 0.05) is 16.1 Å². The first-order valence-corrected chi connectivity index (χ1v) is 7.60. The fourth-order valence-electron chi connectivity index (χ4n) is 2.00. The van der Waals surface area contributed by atoms with Crippen LogP contribution in [0.3, 0.4) is 0 Å². The first-order valence-electron chi connectivity index (χ1n) is 6.84. The maximum Gasteiger partial charge on any atom is 0.0453 e. The normalized spacial score (nSPS) is 12.4. The van der Waals surface area contributed by atoms with Gasteiger partial charge in [0.25, 0.3) is 0 Å². The molecule has 0 aliphatic rings. The summed E-state index contributed by atoms with van der Waals surface area (Å²) in [6.07, 6.45) is 4.21. The molecule has 1 N–H and O–H groups in total. The molecule has 106 valence electrons. The van der Waals surface area contributed by atoms with Gasteiger partial charge in [0.1, 0.15) is 0 Å². The van der Waals surface area contributed by atoms with Gasteiger partial charge in [-0.2, -0.15) is 0 Å². The predicted octanol–water partition coefficient (Wildman–Crippen LogP) is 5.26. The van der Waals surface area contributed by atoms with Gasteiger partial charge in [-0.3, -0.25) is 0 Å². The van der Waals surface area contributed by atoms with Crippen LogP contribution in [0.4, 0.5) is 0 Å². The molecule has 19 heavy (non-hydrogen) atoms. The summed E-state index contributed by atoms with van der Waals surface area (Å²) in [7, 11) is 0. The number of benzene rings is 1. The number of rotatable bonds is 8. The molecule has 1 aromatic rings. The SMILES string of the molecule is C=C(C)CCC(Cc1ccc(Cl)cc1Cl)NCCC. The Morgan fingerprint density at radius 1 is 1.37 bits per heavy atom. The Bertz CT molecular complexity index is 415. The van der Waals surface area contributed by atoms with Crippen LogP contribution in [0.5, 0.6) is 0 Å². The first kappa shape index (κ1) is 16.6. The minimum absolute atomic E-state index is 0.440. The maximum absolute atomic E-state index is 6.24. The van der Waals surface area contributed by atoms with Gasteiger partial charge in [-0.25, -0.2) is 0 Å². The van der Waals surface area contributed by atoms with Crippen LogP contribution in [0.1, 0.15) is 38.7 Å². The quantitative estimate of drug-likeness (QED) is 0.646. The molecule has 0 aliphatic carbocycles. The van der Waals surface area contributed by atoms with Crippen molar-refractivity contribution in [2.24, 2.45) is 0 Å². The summed E-state index contributed by atoms with van der Waals surface area (Å²) in [5.74, 6) is 0. The van der Waals surface area contributed by atoms with E-state index in [1.165, 1.54) is 5.57 Å². The van der Waals surface area contributed by atoms with E-state index in [-0.39, 0.29) is 0 Å². The minimum Gasteiger partial charge on any atom is -0.314 e. The fourth-order valence-corrected chi connectivity index (χ4v) is 2.48. The lowest BCUT2D eigenvalue weighted by Crippen LogP contribution is -2.32. The average molecular weight is 300 g/mol. The molecule has 0 spiro atoms. The van der Waals surface area contributed by atoms with Crippen LogP contribution in [0.2, 0.25) is 10.0 Å². The zero-order valence-corrected chi connectivity index (χ0v) is 13.3. The van der Waals surface area contributed by atoms with Crippen LogP contribution in [0, 0.1) is 0 Å². The van der Waals surface area contributed by atoms with Crippen LogP contribution in [-0.4, -0.2) is 12.6 Å². The van der Waals surface area contributed by atoms with E-state index in [1.54, 1.807) is 0 Å². The number of halogens is 2. The van der Waals surface area contributed by atoms with Crippen LogP contribution < -0.4 is 5.32 Å². The highest BCUT2D eigenvalue weighted by atomic mass is 35.5. The van der Waals surface area contributed by atoms with Crippen molar-refractivity contribution in [2.75, 3.05) is 6.54 Å². The van der Waals surface area contributed by atoms with Crippen LogP contribution in [-0.2, 0) is 6.42 Å². The van der Waals surface area contributed by atoms with E-state index in [9.17, 15) is 0 Å². The van der Waals surface area contributed by atoms with E-state index >= 15 is 0 Å². The van der Waals surface area contributed by atoms with Gasteiger partial charge in [-0.05, 0) is 56.8 Å². The predicted molar refractivity (Wildman–Crippen MR) is 86.3 cm³/mol. The van der Waals surface area contributed by atoms with Crippen molar-refractivity contribution < 1.29 is 0 Å². The lowest BCUT2D eigenvalue weighted by atomic mass is 9.99. The third-order valence-electron chi connectivity index (χ3n) is 3.08. The molecule has 0 amide bonds. The summed E-state index contributed by atoms with van der Waals surface area (Å²) in [4.78, 5) is 0. The molecule has 1 rings (SSSR count). The highest BCUT2D eigenvalue weighted by molar-refractivity contribution is 6.35. The third-order valence-corrected chi connectivity index (χ3v) is 3.67. The van der Waals surface area contributed by atoms with Crippen LogP contribution >= 0.6 is 23.2 Å². The molecule has 1 unspecified atom stereocenters. The summed E-state index contributed by atoms with van der Waals surface area (Å²) in [5, 5.41) is 5.03. The van der Waals surface area contributed by atoms with E-state index < -0.39 is 0 Å². The van der Waals surface area contributed by atoms with Gasteiger partial charge >= 0.3 is 0 Å². The smallest absolute Gasteiger partial charge is 0.0453 e. The molecule has 0 radical (unpaired) electrons. The van der Waals surface area contributed by atoms with Gasteiger partial charge < -0.3 is 5.32 Å². The Kier molecular flexibility index (Phi) is 7.52. The van der Waals surface area contributed by atoms with Crippen molar-refractivity contribution in [3.63, 3.8) is 0 Å². The molecule has 1 aromatic carbocycles. The third kappa shape index (κ3) is 6.47. The van der Waals surface area contributed by atoms with Crippen molar-refractivity contribution in [2.45, 2.75) is 45.6 Å². The molecule has 0 aromatic heterocycles. The van der Waals surface area contributed by atoms with E-state index in [2.05, 4.69) is 25.7 Å². The Balaban J connectivity index is 2.66. The molecular weight excluding hydrogens is 277 g/mol. The van der Waals surface area contributed by atoms with Crippen molar-refractivity contribution in [3.05, 3.63) is 46.0 Å². The van der Waals surface area contributed by atoms with Gasteiger partial charge in [0.05, 0.1) is 0 Å². The van der Waals surface area contributed by atoms with E-state index in [0.717, 1.165) is 42.8 Å². The highest BCUT2D eigenvalue weighted by Crippen LogP contribution is 2.23. The lowest BCUT2D eigenvalue weighted by Gasteiger charge is -2.19. The minimum atomic E-state index is 0.440. The van der Waals surface area contributed by atoms with Gasteiger partial charge in [-0.1, -0.05) is 41.8 Å². The topological polar surface area (TPSA) is 12.0 Å². The van der Waals surface area contributed by atoms with Crippen molar-refractivity contribution in [1.29, 1.82) is 0 Å². The molecule has 1 atom stereocenters. The molecule has 1 nitrogen and oxygen atoms in total. The Morgan fingerprint density at radius 3 is 2.68 bits per heavy atom. The van der Waals surface area contributed by atoms with Crippen molar-refractivity contribution in [1.82, 2.24) is 5.32 Å². The molecule has 3 heteroatoms. The lowest BCUT2D eigenvalue weighted by molar-refractivity contribution is 0.477. The molecule has 0 saturated heterocycles. The standard InChI is InChI=1S/C16H23Cl2N/c1-4-9-19-15(8-5-12(2)3)10-13-6-7-14(17)11-16(13)18/h6-7,11,15,19H,2,4-5,8-10H2,1,3H3. The molecular formula is C16H23Cl2N. The van der Waals surface area contributed by atoms with Crippen LogP contribution in [0.15, 0.2) is 30.4 Å². The monoisotopic (exact) mass is 299 g/mol. The van der Waals surface area contributed by atoms with Gasteiger partial charge in [0.2, 0.25) is 0 Å². The molecule has 0 fully saturated rings. The Labute approximate surface area is 127 Å². The molecule has 0 bridgehead atoms. The zero-order valence-electron chi connectivity index (χ0n) is 11.8. The first-order chi connectivity index (χ1) is 9.02. The number of hydrogen-bond acceptors (Lipinski definition) is 1. The van der Waals surface area contributed by atoms with Crippen molar-refractivity contribution in [3.8, 4) is 0 Å². The largest absolute Gasteiger partial charge is 0.314 e. The van der Waals surface area contributed by atoms with E-state index in [4.69, 9.17) is 23.2 Å². The number of hydrogen-bond donors (Lipinski definition) is 1. The maximum atomic E-state index is 6.24. The van der Waals surface area contributed by atoms with E-state index in [1.807, 2.05) is 18.2 Å². The highest BCUT2D eigenvalue weighted by Gasteiger charge is 2.11. The summed E-state index contributed by atoms with van der Waals surface area (Å²) in [6.45, 7) is 9.26. The second kappa shape index (κ2) is 8.63. The van der Waals surface area contributed by atoms with E-state index in [0.29, 0.717) is 11.1 Å². The van der Waals surface area contributed by atoms with Crippen molar-refractivity contribution >= 4 is 23.2 Å².